The van der Waals surface area contributed by atoms with E-state index in [2.05, 4.69) is 29.6 Å². The van der Waals surface area contributed by atoms with Crippen molar-refractivity contribution in [1.29, 1.82) is 0 Å². The number of carbonyl (C=O) groups is 3. The zero-order valence-corrected chi connectivity index (χ0v) is 19.5. The molecule has 3 rings (SSSR count). The van der Waals surface area contributed by atoms with E-state index >= 15 is 0 Å². The Labute approximate surface area is 194 Å². The molecule has 0 aromatic heterocycles. The molecule has 7 heteroatoms. The molecule has 0 saturated heterocycles. The molecule has 0 fully saturated rings. The van der Waals surface area contributed by atoms with Crippen molar-refractivity contribution in [2.24, 2.45) is 0 Å². The van der Waals surface area contributed by atoms with Crippen molar-refractivity contribution >= 4 is 18.0 Å². The van der Waals surface area contributed by atoms with Crippen LogP contribution >= 0.6 is 0 Å². The number of likely N-dealkylation sites (N-methyl/N-ethyl adjacent to an activating group) is 1. The van der Waals surface area contributed by atoms with E-state index in [1.165, 1.54) is 48.0 Å². The summed E-state index contributed by atoms with van der Waals surface area (Å²) in [5.74, 6) is -1.21. The highest BCUT2D eigenvalue weighted by Crippen LogP contribution is 2.44. The van der Waals surface area contributed by atoms with Gasteiger partial charge in [-0.15, -0.1) is 0 Å². The molecule has 1 aliphatic rings. The quantitative estimate of drug-likeness (QED) is 0.521. The largest absolute Gasteiger partial charge is 0.480 e. The van der Waals surface area contributed by atoms with Gasteiger partial charge in [-0.2, -0.15) is 0 Å². The van der Waals surface area contributed by atoms with Crippen molar-refractivity contribution in [2.75, 3.05) is 20.2 Å². The maximum atomic E-state index is 12.2. The number of carboxylic acids is 1. The van der Waals surface area contributed by atoms with Gasteiger partial charge >= 0.3 is 12.1 Å². The molecule has 1 aliphatic carbocycles. The average Bonchev–Trinajstić information content (AvgIpc) is 3.12. The number of aliphatic carboxylic acids is 1. The predicted molar refractivity (Wildman–Crippen MR) is 126 cm³/mol. The number of fused-ring (bicyclic) bond motifs is 3. The minimum atomic E-state index is -1.23. The van der Waals surface area contributed by atoms with Gasteiger partial charge in [0.15, 0.2) is 0 Å². The van der Waals surface area contributed by atoms with E-state index in [-0.39, 0.29) is 24.9 Å². The van der Waals surface area contributed by atoms with Gasteiger partial charge < -0.3 is 20.1 Å². The monoisotopic (exact) mass is 452 g/mol. The van der Waals surface area contributed by atoms with E-state index in [9.17, 15) is 19.5 Å². The number of alkyl carbamates (subject to hydrolysis) is 1. The van der Waals surface area contributed by atoms with Crippen LogP contribution in [0.4, 0.5) is 4.79 Å². The van der Waals surface area contributed by atoms with Gasteiger partial charge in [0, 0.05) is 25.9 Å². The molecular formula is C26H32N2O5. The summed E-state index contributed by atoms with van der Waals surface area (Å²) in [6.45, 7) is 3.75. The summed E-state index contributed by atoms with van der Waals surface area (Å²) in [6, 6.07) is 16.4. The van der Waals surface area contributed by atoms with Gasteiger partial charge in [-0.1, -0.05) is 55.0 Å². The van der Waals surface area contributed by atoms with Gasteiger partial charge in [-0.3, -0.25) is 4.79 Å². The Kier molecular flexibility index (Phi) is 7.74. The molecule has 0 aliphatic heterocycles. The second-order valence-corrected chi connectivity index (χ2v) is 8.88. The normalized spacial score (nSPS) is 12.6. The molecule has 7 nitrogen and oxygen atoms in total. The van der Waals surface area contributed by atoms with Gasteiger partial charge in [0.05, 0.1) is 0 Å². The minimum absolute atomic E-state index is 0.0289. The first-order chi connectivity index (χ1) is 15.7. The molecule has 0 unspecified atom stereocenters. The van der Waals surface area contributed by atoms with Crippen molar-refractivity contribution in [3.63, 3.8) is 0 Å². The zero-order valence-electron chi connectivity index (χ0n) is 19.5. The SMILES string of the molecule is CN(C(=O)CCCCCNC(=O)OCC1c2ccccc2-c2ccccc21)C(C)(C)C(=O)O. The fraction of sp³-hybridized carbons (Fsp3) is 0.423. The maximum absolute atomic E-state index is 12.2. The van der Waals surface area contributed by atoms with Gasteiger partial charge in [0.1, 0.15) is 12.1 Å². The van der Waals surface area contributed by atoms with Gasteiger partial charge in [-0.05, 0) is 48.9 Å². The van der Waals surface area contributed by atoms with Crippen LogP contribution in [0.5, 0.6) is 0 Å². The topological polar surface area (TPSA) is 95.9 Å². The van der Waals surface area contributed by atoms with Crippen LogP contribution in [0, 0.1) is 0 Å². The molecule has 0 saturated carbocycles. The van der Waals surface area contributed by atoms with Gasteiger partial charge in [-0.25, -0.2) is 9.59 Å². The Morgan fingerprint density at radius 3 is 2.12 bits per heavy atom. The van der Waals surface area contributed by atoms with E-state index in [1.807, 2.05) is 24.3 Å². The summed E-state index contributed by atoms with van der Waals surface area (Å²) < 4.78 is 5.51. The first-order valence-electron chi connectivity index (χ1n) is 11.3. The van der Waals surface area contributed by atoms with Crippen molar-refractivity contribution < 1.29 is 24.2 Å². The third kappa shape index (κ3) is 5.53. The van der Waals surface area contributed by atoms with E-state index < -0.39 is 17.6 Å². The van der Waals surface area contributed by atoms with E-state index in [1.54, 1.807) is 0 Å². The van der Waals surface area contributed by atoms with Crippen LogP contribution in [0.25, 0.3) is 11.1 Å². The number of amides is 2. The molecule has 0 atom stereocenters. The van der Waals surface area contributed by atoms with Crippen LogP contribution in [-0.2, 0) is 14.3 Å². The third-order valence-electron chi connectivity index (χ3n) is 6.42. The van der Waals surface area contributed by atoms with Gasteiger partial charge in [0.25, 0.3) is 0 Å². The summed E-state index contributed by atoms with van der Waals surface area (Å²) >= 11 is 0. The Morgan fingerprint density at radius 2 is 1.55 bits per heavy atom. The number of ether oxygens (including phenoxy) is 1. The Morgan fingerprint density at radius 1 is 0.970 bits per heavy atom. The number of carboxylic acid groups (broad SMARTS) is 1. The van der Waals surface area contributed by atoms with Crippen LogP contribution in [0.15, 0.2) is 48.5 Å². The summed E-state index contributed by atoms with van der Waals surface area (Å²) in [5, 5.41) is 12.0. The molecule has 0 bridgehead atoms. The third-order valence-corrected chi connectivity index (χ3v) is 6.42. The molecule has 2 aromatic carbocycles. The molecule has 2 N–H and O–H groups in total. The molecule has 0 heterocycles. The van der Waals surface area contributed by atoms with Crippen molar-refractivity contribution in [3.8, 4) is 11.1 Å². The predicted octanol–water partition coefficient (Wildman–Crippen LogP) is 4.41. The Hall–Kier alpha value is -3.35. The number of benzene rings is 2. The van der Waals surface area contributed by atoms with E-state index in [0.717, 1.165) is 6.42 Å². The fourth-order valence-electron chi connectivity index (χ4n) is 4.04. The summed E-state index contributed by atoms with van der Waals surface area (Å²) in [5.41, 5.74) is 3.49. The molecule has 0 spiro atoms. The molecule has 0 radical (unpaired) electrons. The first kappa shape index (κ1) is 24.3. The highest BCUT2D eigenvalue weighted by atomic mass is 16.5. The first-order valence-corrected chi connectivity index (χ1v) is 11.3. The molecule has 176 valence electrons. The summed E-state index contributed by atoms with van der Waals surface area (Å²) in [4.78, 5) is 36.9. The Balaban J connectivity index is 1.37. The van der Waals surface area contributed by atoms with Crippen molar-refractivity contribution in [3.05, 3.63) is 59.7 Å². The van der Waals surface area contributed by atoms with Crippen LogP contribution in [-0.4, -0.2) is 53.7 Å². The molecule has 33 heavy (non-hydrogen) atoms. The summed E-state index contributed by atoms with van der Waals surface area (Å²) in [6.07, 6.45) is 1.92. The smallest absolute Gasteiger partial charge is 0.407 e. The fourth-order valence-corrected chi connectivity index (χ4v) is 4.04. The number of nitrogens with one attached hydrogen (secondary N) is 1. The van der Waals surface area contributed by atoms with Gasteiger partial charge in [0.2, 0.25) is 5.91 Å². The number of rotatable bonds is 10. The lowest BCUT2D eigenvalue weighted by atomic mass is 9.98. The minimum Gasteiger partial charge on any atom is -0.480 e. The van der Waals surface area contributed by atoms with Crippen LogP contribution < -0.4 is 5.32 Å². The van der Waals surface area contributed by atoms with E-state index in [0.29, 0.717) is 19.4 Å². The number of hydrogen-bond acceptors (Lipinski definition) is 4. The zero-order chi connectivity index (χ0) is 24.0. The lowest BCUT2D eigenvalue weighted by molar-refractivity contribution is -0.155. The highest BCUT2D eigenvalue weighted by Gasteiger charge is 2.34. The lowest BCUT2D eigenvalue weighted by Gasteiger charge is -2.31. The molecule has 2 aromatic rings. The standard InChI is InChI=1S/C26H32N2O5/c1-26(2,24(30)31)28(3)23(29)15-5-4-10-16-27-25(32)33-17-22-20-13-8-6-11-18(20)19-12-7-9-14-21(19)22/h6-9,11-14,22H,4-5,10,15-17H2,1-3H3,(H,27,32)(H,30,31). The second-order valence-electron chi connectivity index (χ2n) is 8.88. The van der Waals surface area contributed by atoms with Crippen molar-refractivity contribution in [1.82, 2.24) is 10.2 Å². The molecule has 2 amide bonds. The lowest BCUT2D eigenvalue weighted by Crippen LogP contribution is -2.50. The van der Waals surface area contributed by atoms with Crippen LogP contribution in [0.2, 0.25) is 0 Å². The number of unbranched alkanes of at least 4 members (excludes halogenated alkanes) is 2. The van der Waals surface area contributed by atoms with E-state index in [4.69, 9.17) is 4.74 Å². The maximum Gasteiger partial charge on any atom is 0.407 e. The molecular weight excluding hydrogens is 420 g/mol. The Bertz CT molecular complexity index is 972. The number of carbonyl (C=O) groups excluding carboxylic acids is 2. The number of nitrogens with zero attached hydrogens (tertiary/aromatic N) is 1. The highest BCUT2D eigenvalue weighted by molar-refractivity contribution is 5.86. The second kappa shape index (κ2) is 10.5. The average molecular weight is 453 g/mol. The summed E-state index contributed by atoms with van der Waals surface area (Å²) in [7, 11) is 1.51. The van der Waals surface area contributed by atoms with Crippen molar-refractivity contribution in [2.45, 2.75) is 51.0 Å². The number of hydrogen-bond donors (Lipinski definition) is 2. The van der Waals surface area contributed by atoms with Crippen LogP contribution in [0.1, 0.15) is 56.6 Å². The van der Waals surface area contributed by atoms with Crippen LogP contribution in [0.3, 0.4) is 0 Å².